The molecule has 0 fully saturated rings. The second-order valence-electron chi connectivity index (χ2n) is 4.46. The Labute approximate surface area is 113 Å². The fourth-order valence-electron chi connectivity index (χ4n) is 1.60. The number of carbonyl (C=O) groups is 2. The van der Waals surface area contributed by atoms with Crippen LogP contribution in [0.1, 0.15) is 13.3 Å². The number of para-hydroxylation sites is 1. The zero-order chi connectivity index (χ0) is 14.3. The third-order valence-corrected chi connectivity index (χ3v) is 2.93. The number of anilines is 1. The van der Waals surface area contributed by atoms with Crippen LogP contribution in [0.5, 0.6) is 0 Å². The Morgan fingerprint density at radius 1 is 1.32 bits per heavy atom. The summed E-state index contributed by atoms with van der Waals surface area (Å²) in [6.45, 7) is 2.66. The van der Waals surface area contributed by atoms with Crippen molar-refractivity contribution in [2.45, 2.75) is 13.3 Å². The van der Waals surface area contributed by atoms with Crippen LogP contribution >= 0.6 is 0 Å². The Bertz CT molecular complexity index is 420. The standard InChI is InChI=1S/C14H20N2O3/c1-11(14(18)19)13(17)15-9-6-10-16(2)12-7-4-3-5-8-12/h3-5,7-8,11H,6,9-10H2,1-2H3,(H,15,17)(H,18,19). The number of nitrogens with one attached hydrogen (secondary N) is 1. The van der Waals surface area contributed by atoms with E-state index in [0.29, 0.717) is 6.54 Å². The van der Waals surface area contributed by atoms with E-state index >= 15 is 0 Å². The molecule has 104 valence electrons. The second-order valence-corrected chi connectivity index (χ2v) is 4.46. The minimum atomic E-state index is -1.10. The van der Waals surface area contributed by atoms with E-state index in [1.54, 1.807) is 0 Å². The summed E-state index contributed by atoms with van der Waals surface area (Å²) in [5, 5.41) is 11.3. The molecule has 0 aliphatic heterocycles. The minimum absolute atomic E-state index is 0.435. The number of nitrogens with zero attached hydrogens (tertiary/aromatic N) is 1. The first-order valence-corrected chi connectivity index (χ1v) is 6.29. The number of carboxylic acid groups (broad SMARTS) is 1. The van der Waals surface area contributed by atoms with Crippen LogP contribution in [0.3, 0.4) is 0 Å². The smallest absolute Gasteiger partial charge is 0.315 e. The lowest BCUT2D eigenvalue weighted by Gasteiger charge is -2.19. The van der Waals surface area contributed by atoms with Crippen LogP contribution in [-0.4, -0.2) is 37.1 Å². The first-order valence-electron chi connectivity index (χ1n) is 6.29. The molecule has 0 saturated carbocycles. The van der Waals surface area contributed by atoms with Crippen molar-refractivity contribution < 1.29 is 14.7 Å². The van der Waals surface area contributed by atoms with E-state index in [2.05, 4.69) is 10.2 Å². The van der Waals surface area contributed by atoms with Crippen molar-refractivity contribution in [1.29, 1.82) is 0 Å². The largest absolute Gasteiger partial charge is 0.481 e. The van der Waals surface area contributed by atoms with Crippen molar-refractivity contribution in [3.05, 3.63) is 30.3 Å². The zero-order valence-electron chi connectivity index (χ0n) is 11.3. The maximum absolute atomic E-state index is 11.4. The molecule has 0 spiro atoms. The van der Waals surface area contributed by atoms with E-state index in [4.69, 9.17) is 5.11 Å². The van der Waals surface area contributed by atoms with Crippen LogP contribution in [0.15, 0.2) is 30.3 Å². The van der Waals surface area contributed by atoms with Gasteiger partial charge in [-0.25, -0.2) is 0 Å². The molecule has 19 heavy (non-hydrogen) atoms. The highest BCUT2D eigenvalue weighted by molar-refractivity contribution is 5.96. The van der Waals surface area contributed by atoms with Gasteiger partial charge in [-0.1, -0.05) is 18.2 Å². The van der Waals surface area contributed by atoms with Crippen molar-refractivity contribution >= 4 is 17.6 Å². The van der Waals surface area contributed by atoms with Crippen LogP contribution in [0, 0.1) is 5.92 Å². The average molecular weight is 264 g/mol. The molecule has 1 rings (SSSR count). The van der Waals surface area contributed by atoms with Crippen LogP contribution in [0.4, 0.5) is 5.69 Å². The van der Waals surface area contributed by atoms with Crippen molar-refractivity contribution in [1.82, 2.24) is 5.32 Å². The van der Waals surface area contributed by atoms with Gasteiger partial charge in [0.05, 0.1) is 0 Å². The van der Waals surface area contributed by atoms with Crippen molar-refractivity contribution in [2.75, 3.05) is 25.0 Å². The minimum Gasteiger partial charge on any atom is -0.481 e. The number of aliphatic carboxylic acids is 1. The van der Waals surface area contributed by atoms with E-state index in [1.807, 2.05) is 37.4 Å². The summed E-state index contributed by atoms with van der Waals surface area (Å²) >= 11 is 0. The molecule has 1 amide bonds. The summed E-state index contributed by atoms with van der Waals surface area (Å²) in [6, 6.07) is 9.95. The van der Waals surface area contributed by atoms with Gasteiger partial charge in [0, 0.05) is 25.8 Å². The average Bonchev–Trinajstić information content (AvgIpc) is 2.43. The predicted molar refractivity (Wildman–Crippen MR) is 74.1 cm³/mol. The molecule has 0 radical (unpaired) electrons. The van der Waals surface area contributed by atoms with Crippen molar-refractivity contribution in [2.24, 2.45) is 5.92 Å². The topological polar surface area (TPSA) is 69.6 Å². The Morgan fingerprint density at radius 2 is 1.95 bits per heavy atom. The lowest BCUT2D eigenvalue weighted by molar-refractivity contribution is -0.146. The van der Waals surface area contributed by atoms with Gasteiger partial charge in [0.25, 0.3) is 0 Å². The molecule has 0 bridgehead atoms. The van der Waals surface area contributed by atoms with Gasteiger partial charge in [-0.2, -0.15) is 0 Å². The van der Waals surface area contributed by atoms with Gasteiger partial charge in [-0.3, -0.25) is 9.59 Å². The molecule has 1 aromatic rings. The quantitative estimate of drug-likeness (QED) is 0.576. The van der Waals surface area contributed by atoms with Gasteiger partial charge < -0.3 is 15.3 Å². The first-order chi connectivity index (χ1) is 9.02. The lowest BCUT2D eigenvalue weighted by atomic mass is 10.2. The number of amides is 1. The molecule has 5 heteroatoms. The van der Waals surface area contributed by atoms with E-state index < -0.39 is 17.8 Å². The predicted octanol–water partition coefficient (Wildman–Crippen LogP) is 1.35. The fourth-order valence-corrected chi connectivity index (χ4v) is 1.60. The number of benzene rings is 1. The summed E-state index contributed by atoms with van der Waals surface area (Å²) in [7, 11) is 1.98. The van der Waals surface area contributed by atoms with E-state index in [9.17, 15) is 9.59 Å². The number of hydrogen-bond donors (Lipinski definition) is 2. The molecule has 0 aliphatic rings. The summed E-state index contributed by atoms with van der Waals surface area (Å²) < 4.78 is 0. The Hall–Kier alpha value is -2.04. The van der Waals surface area contributed by atoms with E-state index in [0.717, 1.165) is 18.7 Å². The van der Waals surface area contributed by atoms with Gasteiger partial charge in [-0.15, -0.1) is 0 Å². The lowest BCUT2D eigenvalue weighted by Crippen LogP contribution is -2.35. The third-order valence-electron chi connectivity index (χ3n) is 2.93. The molecule has 0 aliphatic carbocycles. The molecule has 1 atom stereocenters. The number of rotatable bonds is 7. The monoisotopic (exact) mass is 264 g/mol. The summed E-state index contributed by atoms with van der Waals surface area (Å²) in [4.78, 5) is 24.1. The summed E-state index contributed by atoms with van der Waals surface area (Å²) in [6.07, 6.45) is 0.767. The van der Waals surface area contributed by atoms with Gasteiger partial charge >= 0.3 is 5.97 Å². The molecule has 0 aromatic heterocycles. The Kier molecular flexibility index (Phi) is 5.85. The van der Waals surface area contributed by atoms with Crippen LogP contribution in [-0.2, 0) is 9.59 Å². The van der Waals surface area contributed by atoms with Gasteiger partial charge in [0.2, 0.25) is 5.91 Å². The first kappa shape index (κ1) is 15.0. The molecule has 0 heterocycles. The SMILES string of the molecule is CC(C(=O)O)C(=O)NCCCN(C)c1ccccc1. The molecule has 2 N–H and O–H groups in total. The Morgan fingerprint density at radius 3 is 2.53 bits per heavy atom. The van der Waals surface area contributed by atoms with E-state index in [-0.39, 0.29) is 0 Å². The number of carbonyl (C=O) groups excluding carboxylic acids is 1. The highest BCUT2D eigenvalue weighted by Crippen LogP contribution is 2.10. The highest BCUT2D eigenvalue weighted by Gasteiger charge is 2.19. The maximum Gasteiger partial charge on any atom is 0.315 e. The van der Waals surface area contributed by atoms with Crippen LogP contribution in [0.2, 0.25) is 0 Å². The zero-order valence-corrected chi connectivity index (χ0v) is 11.3. The van der Waals surface area contributed by atoms with E-state index in [1.165, 1.54) is 6.92 Å². The summed E-state index contributed by atoms with van der Waals surface area (Å²) in [5.41, 5.74) is 1.12. The highest BCUT2D eigenvalue weighted by atomic mass is 16.4. The maximum atomic E-state index is 11.4. The molecule has 0 saturated heterocycles. The molecule has 1 aromatic carbocycles. The summed E-state index contributed by atoms with van der Waals surface area (Å²) in [5.74, 6) is -2.53. The van der Waals surface area contributed by atoms with Crippen LogP contribution < -0.4 is 10.2 Å². The number of carboxylic acids is 1. The molecular weight excluding hydrogens is 244 g/mol. The van der Waals surface area contributed by atoms with Gasteiger partial charge in [0.1, 0.15) is 5.92 Å². The normalized spacial score (nSPS) is 11.7. The van der Waals surface area contributed by atoms with Crippen molar-refractivity contribution in [3.63, 3.8) is 0 Å². The van der Waals surface area contributed by atoms with Gasteiger partial charge in [0.15, 0.2) is 0 Å². The van der Waals surface area contributed by atoms with Crippen LogP contribution in [0.25, 0.3) is 0 Å². The Balaban J connectivity index is 2.24. The molecular formula is C14H20N2O3. The van der Waals surface area contributed by atoms with Crippen molar-refractivity contribution in [3.8, 4) is 0 Å². The number of hydrogen-bond acceptors (Lipinski definition) is 3. The molecule has 5 nitrogen and oxygen atoms in total. The molecule has 1 unspecified atom stereocenters. The third kappa shape index (κ3) is 4.99. The fraction of sp³-hybridized carbons (Fsp3) is 0.429. The van der Waals surface area contributed by atoms with Gasteiger partial charge in [-0.05, 0) is 25.5 Å². The second kappa shape index (κ2) is 7.41.